The highest BCUT2D eigenvalue weighted by Gasteiger charge is 2.29. The van der Waals surface area contributed by atoms with Crippen LogP contribution in [-0.2, 0) is 16.1 Å². The fourth-order valence-electron chi connectivity index (χ4n) is 3.63. The highest BCUT2D eigenvalue weighted by molar-refractivity contribution is 5.83. The predicted octanol–water partition coefficient (Wildman–Crippen LogP) is 2.41. The number of nitrogens with one attached hydrogen (secondary N) is 2. The predicted molar refractivity (Wildman–Crippen MR) is 118 cm³/mol. The average molecular weight is 436 g/mol. The molecular weight excluding hydrogens is 411 g/mol. The van der Waals surface area contributed by atoms with Crippen LogP contribution in [0.4, 0.5) is 10.2 Å². The Hall–Kier alpha value is -3.43. The fourth-order valence-corrected chi connectivity index (χ4v) is 3.63. The van der Waals surface area contributed by atoms with Crippen molar-refractivity contribution >= 4 is 11.7 Å². The van der Waals surface area contributed by atoms with Crippen LogP contribution in [0.2, 0.25) is 0 Å². The quantitative estimate of drug-likeness (QED) is 0.588. The van der Waals surface area contributed by atoms with Crippen LogP contribution in [0.5, 0.6) is 0 Å². The standard InChI is InChI=1S/C23H25FN6O2/c1-25-20-14-19(28-22(29-20)17-6-8-26-9-7-17)15-27-23(31)21(30-10-12-32-13-11-30)16-2-4-18(24)5-3-16/h2-9,14,21H,10-13,15H2,1H3,(H,27,31)(H,25,28,29)/t21-/m0/s1. The van der Waals surface area contributed by atoms with Crippen molar-refractivity contribution in [2.45, 2.75) is 12.6 Å². The van der Waals surface area contributed by atoms with E-state index in [1.54, 1.807) is 37.6 Å². The van der Waals surface area contributed by atoms with E-state index < -0.39 is 6.04 Å². The monoisotopic (exact) mass is 436 g/mol. The van der Waals surface area contributed by atoms with E-state index in [1.165, 1.54) is 12.1 Å². The van der Waals surface area contributed by atoms with Crippen LogP contribution in [0, 0.1) is 5.82 Å². The number of carbonyl (C=O) groups excluding carboxylic acids is 1. The Morgan fingerprint density at radius 2 is 1.84 bits per heavy atom. The Kier molecular flexibility index (Phi) is 6.98. The number of benzene rings is 1. The number of ether oxygens (including phenoxy) is 1. The first-order chi connectivity index (χ1) is 15.6. The number of pyridine rings is 1. The molecule has 0 unspecified atom stereocenters. The van der Waals surface area contributed by atoms with E-state index in [0.717, 1.165) is 11.1 Å². The molecule has 1 atom stereocenters. The van der Waals surface area contributed by atoms with Gasteiger partial charge in [-0.25, -0.2) is 14.4 Å². The zero-order valence-corrected chi connectivity index (χ0v) is 17.8. The van der Waals surface area contributed by atoms with Crippen molar-refractivity contribution in [3.8, 4) is 11.4 Å². The van der Waals surface area contributed by atoms with Crippen LogP contribution in [-0.4, -0.2) is 59.1 Å². The summed E-state index contributed by atoms with van der Waals surface area (Å²) >= 11 is 0. The van der Waals surface area contributed by atoms with Gasteiger partial charge in [0.05, 0.1) is 25.5 Å². The Labute approximate surface area is 185 Å². The summed E-state index contributed by atoms with van der Waals surface area (Å²) in [6.07, 6.45) is 3.36. The molecule has 166 valence electrons. The molecule has 1 aliphatic heterocycles. The average Bonchev–Trinajstić information content (AvgIpc) is 2.85. The van der Waals surface area contributed by atoms with Crippen molar-refractivity contribution in [2.75, 3.05) is 38.7 Å². The minimum Gasteiger partial charge on any atom is -0.379 e. The lowest BCUT2D eigenvalue weighted by atomic mass is 10.0. The molecule has 4 rings (SSSR count). The topological polar surface area (TPSA) is 92.3 Å². The second-order valence-corrected chi connectivity index (χ2v) is 7.37. The van der Waals surface area contributed by atoms with Gasteiger partial charge < -0.3 is 15.4 Å². The van der Waals surface area contributed by atoms with Crippen molar-refractivity contribution in [3.63, 3.8) is 0 Å². The van der Waals surface area contributed by atoms with E-state index in [-0.39, 0.29) is 18.3 Å². The van der Waals surface area contributed by atoms with Crippen LogP contribution < -0.4 is 10.6 Å². The molecule has 1 saturated heterocycles. The van der Waals surface area contributed by atoms with Crippen LogP contribution in [0.3, 0.4) is 0 Å². The van der Waals surface area contributed by atoms with Crippen molar-refractivity contribution in [2.24, 2.45) is 0 Å². The summed E-state index contributed by atoms with van der Waals surface area (Å²) in [4.78, 5) is 28.4. The zero-order valence-electron chi connectivity index (χ0n) is 17.8. The largest absolute Gasteiger partial charge is 0.379 e. The molecule has 1 aromatic carbocycles. The zero-order chi connectivity index (χ0) is 22.3. The van der Waals surface area contributed by atoms with E-state index >= 15 is 0 Å². The highest BCUT2D eigenvalue weighted by Crippen LogP contribution is 2.23. The number of hydrogen-bond donors (Lipinski definition) is 2. The first kappa shape index (κ1) is 21.8. The molecule has 1 aliphatic rings. The summed E-state index contributed by atoms with van der Waals surface area (Å²) in [6, 6.07) is 11.0. The molecule has 0 radical (unpaired) electrons. The molecule has 0 aliphatic carbocycles. The van der Waals surface area contributed by atoms with Crippen LogP contribution in [0.25, 0.3) is 11.4 Å². The summed E-state index contributed by atoms with van der Waals surface area (Å²) in [6.45, 7) is 2.59. The van der Waals surface area contributed by atoms with Gasteiger partial charge in [-0.1, -0.05) is 12.1 Å². The summed E-state index contributed by atoms with van der Waals surface area (Å²) in [5.74, 6) is 0.693. The Morgan fingerprint density at radius 1 is 1.12 bits per heavy atom. The van der Waals surface area contributed by atoms with Crippen molar-refractivity contribution in [1.29, 1.82) is 0 Å². The summed E-state index contributed by atoms with van der Waals surface area (Å²) in [7, 11) is 1.78. The van der Waals surface area contributed by atoms with E-state index in [9.17, 15) is 9.18 Å². The molecule has 0 bridgehead atoms. The number of aromatic nitrogens is 3. The SMILES string of the molecule is CNc1cc(CNC(=O)[C@H](c2ccc(F)cc2)N2CCOCC2)nc(-c2ccncc2)n1. The van der Waals surface area contributed by atoms with Gasteiger partial charge in [0.2, 0.25) is 5.91 Å². The minimum absolute atomic E-state index is 0.173. The van der Waals surface area contributed by atoms with E-state index in [0.29, 0.717) is 43.6 Å². The van der Waals surface area contributed by atoms with Crippen LogP contribution in [0.15, 0.2) is 54.9 Å². The number of morpholine rings is 1. The second-order valence-electron chi connectivity index (χ2n) is 7.37. The van der Waals surface area contributed by atoms with Crippen LogP contribution >= 0.6 is 0 Å². The number of rotatable bonds is 7. The lowest BCUT2D eigenvalue weighted by Gasteiger charge is -2.33. The fraction of sp³-hybridized carbons (Fsp3) is 0.304. The van der Waals surface area contributed by atoms with Gasteiger partial charge in [-0.3, -0.25) is 14.7 Å². The van der Waals surface area contributed by atoms with Gasteiger partial charge in [-0.15, -0.1) is 0 Å². The van der Waals surface area contributed by atoms with Gasteiger partial charge >= 0.3 is 0 Å². The third-order valence-corrected chi connectivity index (χ3v) is 5.26. The molecule has 32 heavy (non-hydrogen) atoms. The van der Waals surface area contributed by atoms with E-state index in [2.05, 4.69) is 25.6 Å². The van der Waals surface area contributed by atoms with E-state index in [4.69, 9.17) is 4.74 Å². The molecule has 1 amide bonds. The van der Waals surface area contributed by atoms with Gasteiger partial charge in [-0.05, 0) is 29.8 Å². The third-order valence-electron chi connectivity index (χ3n) is 5.26. The first-order valence-corrected chi connectivity index (χ1v) is 10.4. The first-order valence-electron chi connectivity index (χ1n) is 10.4. The Morgan fingerprint density at radius 3 is 2.53 bits per heavy atom. The Bertz CT molecular complexity index is 1040. The molecule has 2 N–H and O–H groups in total. The van der Waals surface area contributed by atoms with Gasteiger partial charge in [-0.2, -0.15) is 0 Å². The number of carbonyl (C=O) groups is 1. The molecule has 0 saturated carbocycles. The number of anilines is 1. The molecule has 1 fully saturated rings. The molecular formula is C23H25FN6O2. The van der Waals surface area contributed by atoms with Crippen molar-refractivity contribution in [1.82, 2.24) is 25.2 Å². The van der Waals surface area contributed by atoms with Crippen molar-refractivity contribution < 1.29 is 13.9 Å². The number of nitrogens with zero attached hydrogens (tertiary/aromatic N) is 4. The lowest BCUT2D eigenvalue weighted by Crippen LogP contribution is -2.45. The third kappa shape index (κ3) is 5.24. The highest BCUT2D eigenvalue weighted by atomic mass is 19.1. The Balaban J connectivity index is 1.54. The molecule has 0 spiro atoms. The maximum absolute atomic E-state index is 13.5. The van der Waals surface area contributed by atoms with Crippen LogP contribution in [0.1, 0.15) is 17.3 Å². The number of hydrogen-bond acceptors (Lipinski definition) is 7. The second kappa shape index (κ2) is 10.3. The van der Waals surface area contributed by atoms with Crippen molar-refractivity contribution in [3.05, 3.63) is 71.9 Å². The smallest absolute Gasteiger partial charge is 0.242 e. The number of amides is 1. The summed E-state index contributed by atoms with van der Waals surface area (Å²) in [5.41, 5.74) is 2.24. The maximum atomic E-state index is 13.5. The lowest BCUT2D eigenvalue weighted by molar-refractivity contribution is -0.128. The summed E-state index contributed by atoms with van der Waals surface area (Å²) < 4.78 is 18.9. The molecule has 8 nitrogen and oxygen atoms in total. The van der Waals surface area contributed by atoms with Gasteiger partial charge in [0.1, 0.15) is 17.7 Å². The van der Waals surface area contributed by atoms with Gasteiger partial charge in [0.15, 0.2) is 5.82 Å². The molecule has 3 aromatic rings. The molecule has 2 aromatic heterocycles. The minimum atomic E-state index is -0.537. The number of halogens is 1. The normalized spacial score (nSPS) is 15.2. The molecule has 3 heterocycles. The van der Waals surface area contributed by atoms with E-state index in [1.807, 2.05) is 17.0 Å². The van der Waals surface area contributed by atoms with Gasteiger partial charge in [0.25, 0.3) is 0 Å². The van der Waals surface area contributed by atoms with Gasteiger partial charge in [0, 0.05) is 44.2 Å². The molecule has 9 heteroatoms. The summed E-state index contributed by atoms with van der Waals surface area (Å²) in [5, 5.41) is 6.03. The maximum Gasteiger partial charge on any atom is 0.242 e.